The van der Waals surface area contributed by atoms with Crippen LogP contribution >= 0.6 is 0 Å². The van der Waals surface area contributed by atoms with Crippen LogP contribution in [0, 0.1) is 5.92 Å². The third-order valence-corrected chi connectivity index (χ3v) is 2.99. The number of anilines is 1. The molecular formula is C14H21N3O3. The summed E-state index contributed by atoms with van der Waals surface area (Å²) < 4.78 is 0. The first-order valence-corrected chi connectivity index (χ1v) is 6.56. The molecule has 0 aliphatic carbocycles. The summed E-state index contributed by atoms with van der Waals surface area (Å²) >= 11 is 0. The molecule has 0 saturated carbocycles. The van der Waals surface area contributed by atoms with Gasteiger partial charge in [0, 0.05) is 32.4 Å². The normalized spacial score (nSPS) is 11.8. The number of amides is 1. The van der Waals surface area contributed by atoms with Gasteiger partial charge in [-0.05, 0) is 25.0 Å². The molecule has 0 saturated heterocycles. The van der Waals surface area contributed by atoms with Crippen molar-refractivity contribution in [1.82, 2.24) is 10.3 Å². The number of pyridine rings is 1. The van der Waals surface area contributed by atoms with Gasteiger partial charge < -0.3 is 15.3 Å². The van der Waals surface area contributed by atoms with Crippen molar-refractivity contribution in [2.75, 3.05) is 25.5 Å². The minimum absolute atomic E-state index is 0.168. The second-order valence-electron chi connectivity index (χ2n) is 4.93. The minimum Gasteiger partial charge on any atom is -0.481 e. The zero-order chi connectivity index (χ0) is 15.1. The fraction of sp³-hybridized carbons (Fsp3) is 0.500. The van der Waals surface area contributed by atoms with E-state index in [0.29, 0.717) is 24.9 Å². The first kappa shape index (κ1) is 15.9. The molecule has 2 N–H and O–H groups in total. The van der Waals surface area contributed by atoms with Crippen LogP contribution in [0.1, 0.15) is 30.1 Å². The van der Waals surface area contributed by atoms with Crippen LogP contribution in [0.25, 0.3) is 0 Å². The lowest BCUT2D eigenvalue weighted by molar-refractivity contribution is -0.141. The van der Waals surface area contributed by atoms with E-state index in [2.05, 4.69) is 10.3 Å². The van der Waals surface area contributed by atoms with Crippen LogP contribution in [0.3, 0.4) is 0 Å². The number of hydrogen-bond acceptors (Lipinski definition) is 4. The Morgan fingerprint density at radius 1 is 1.45 bits per heavy atom. The van der Waals surface area contributed by atoms with Gasteiger partial charge in [0.1, 0.15) is 5.82 Å². The molecule has 1 amide bonds. The standard InChI is InChI=1S/C14H21N3O3/c1-10(14(19)20)5-4-7-16-13(18)11-6-8-15-12(9-11)17(2)3/h6,8-10H,4-5,7H2,1-3H3,(H,16,18)(H,19,20). The number of carboxylic acid groups (broad SMARTS) is 1. The number of hydrogen-bond donors (Lipinski definition) is 2. The maximum absolute atomic E-state index is 11.9. The van der Waals surface area contributed by atoms with E-state index in [1.807, 2.05) is 19.0 Å². The molecule has 1 rings (SSSR count). The second kappa shape index (κ2) is 7.47. The zero-order valence-electron chi connectivity index (χ0n) is 12.1. The molecule has 6 nitrogen and oxygen atoms in total. The molecule has 110 valence electrons. The highest BCUT2D eigenvalue weighted by Crippen LogP contribution is 2.09. The Labute approximate surface area is 118 Å². The lowest BCUT2D eigenvalue weighted by atomic mass is 10.1. The molecule has 0 fully saturated rings. The van der Waals surface area contributed by atoms with Crippen LogP contribution in [0.2, 0.25) is 0 Å². The van der Waals surface area contributed by atoms with Crippen LogP contribution in [0.5, 0.6) is 0 Å². The van der Waals surface area contributed by atoms with Crippen molar-refractivity contribution in [2.45, 2.75) is 19.8 Å². The molecule has 0 spiro atoms. The van der Waals surface area contributed by atoms with Crippen molar-refractivity contribution < 1.29 is 14.7 Å². The van der Waals surface area contributed by atoms with E-state index < -0.39 is 5.97 Å². The Hall–Kier alpha value is -2.11. The van der Waals surface area contributed by atoms with Gasteiger partial charge in [0.2, 0.25) is 0 Å². The highest BCUT2D eigenvalue weighted by molar-refractivity contribution is 5.94. The maximum atomic E-state index is 11.9. The predicted molar refractivity (Wildman–Crippen MR) is 76.9 cm³/mol. The average molecular weight is 279 g/mol. The number of rotatable bonds is 7. The highest BCUT2D eigenvalue weighted by Gasteiger charge is 2.11. The Kier molecular flexibility index (Phi) is 5.96. The third-order valence-electron chi connectivity index (χ3n) is 2.99. The summed E-state index contributed by atoms with van der Waals surface area (Å²) in [4.78, 5) is 28.5. The summed E-state index contributed by atoms with van der Waals surface area (Å²) in [7, 11) is 3.72. The Morgan fingerprint density at radius 2 is 2.15 bits per heavy atom. The predicted octanol–water partition coefficient (Wildman–Crippen LogP) is 1.38. The van der Waals surface area contributed by atoms with Crippen LogP contribution in [0.4, 0.5) is 5.82 Å². The summed E-state index contributed by atoms with van der Waals surface area (Å²) in [6.07, 6.45) is 2.79. The quantitative estimate of drug-likeness (QED) is 0.737. The van der Waals surface area contributed by atoms with E-state index in [4.69, 9.17) is 5.11 Å². The molecule has 1 atom stereocenters. The summed E-state index contributed by atoms with van der Waals surface area (Å²) in [6.45, 7) is 2.13. The molecule has 0 radical (unpaired) electrons. The van der Waals surface area contributed by atoms with Crippen molar-refractivity contribution in [1.29, 1.82) is 0 Å². The first-order chi connectivity index (χ1) is 9.41. The van der Waals surface area contributed by atoms with Crippen LogP contribution < -0.4 is 10.2 Å². The highest BCUT2D eigenvalue weighted by atomic mass is 16.4. The summed E-state index contributed by atoms with van der Waals surface area (Å²) in [5.41, 5.74) is 0.551. The molecule has 1 heterocycles. The average Bonchev–Trinajstić information content (AvgIpc) is 2.43. The van der Waals surface area contributed by atoms with Gasteiger partial charge in [0.25, 0.3) is 5.91 Å². The van der Waals surface area contributed by atoms with Crippen molar-refractivity contribution >= 4 is 17.7 Å². The largest absolute Gasteiger partial charge is 0.481 e. The van der Waals surface area contributed by atoms with Gasteiger partial charge >= 0.3 is 5.97 Å². The second-order valence-corrected chi connectivity index (χ2v) is 4.93. The van der Waals surface area contributed by atoms with Gasteiger partial charge in [0.15, 0.2) is 0 Å². The van der Waals surface area contributed by atoms with Gasteiger partial charge in [-0.15, -0.1) is 0 Å². The fourth-order valence-corrected chi connectivity index (χ4v) is 1.64. The summed E-state index contributed by atoms with van der Waals surface area (Å²) in [5, 5.41) is 11.5. The maximum Gasteiger partial charge on any atom is 0.306 e. The molecular weight excluding hydrogens is 258 g/mol. The number of aliphatic carboxylic acids is 1. The Bertz CT molecular complexity index is 474. The van der Waals surface area contributed by atoms with Crippen molar-refractivity contribution in [3.8, 4) is 0 Å². The van der Waals surface area contributed by atoms with Gasteiger partial charge in [-0.2, -0.15) is 0 Å². The molecule has 1 unspecified atom stereocenters. The Morgan fingerprint density at radius 3 is 2.75 bits per heavy atom. The van der Waals surface area contributed by atoms with Crippen molar-refractivity contribution in [3.05, 3.63) is 23.9 Å². The molecule has 0 bridgehead atoms. The monoisotopic (exact) mass is 279 g/mol. The molecule has 0 aromatic carbocycles. The van der Waals surface area contributed by atoms with E-state index in [-0.39, 0.29) is 11.8 Å². The molecule has 1 aromatic heterocycles. The van der Waals surface area contributed by atoms with Crippen molar-refractivity contribution in [3.63, 3.8) is 0 Å². The van der Waals surface area contributed by atoms with Crippen molar-refractivity contribution in [2.24, 2.45) is 5.92 Å². The summed E-state index contributed by atoms with van der Waals surface area (Å²) in [5.74, 6) is -0.634. The number of carbonyl (C=O) groups is 2. The topological polar surface area (TPSA) is 82.5 Å². The fourth-order valence-electron chi connectivity index (χ4n) is 1.64. The van der Waals surface area contributed by atoms with Gasteiger partial charge in [-0.25, -0.2) is 4.98 Å². The lowest BCUT2D eigenvalue weighted by Crippen LogP contribution is -2.25. The van der Waals surface area contributed by atoms with Crippen LogP contribution in [-0.2, 0) is 4.79 Å². The Balaban J connectivity index is 2.43. The molecule has 20 heavy (non-hydrogen) atoms. The van der Waals surface area contributed by atoms with Gasteiger partial charge in [-0.1, -0.05) is 6.92 Å². The smallest absolute Gasteiger partial charge is 0.306 e. The van der Waals surface area contributed by atoms with Crippen LogP contribution in [-0.4, -0.2) is 42.6 Å². The zero-order valence-corrected chi connectivity index (χ0v) is 12.1. The van der Waals surface area contributed by atoms with Gasteiger partial charge in [-0.3, -0.25) is 9.59 Å². The van der Waals surface area contributed by atoms with Crippen LogP contribution in [0.15, 0.2) is 18.3 Å². The van der Waals surface area contributed by atoms with E-state index in [1.165, 1.54) is 0 Å². The van der Waals surface area contributed by atoms with E-state index >= 15 is 0 Å². The van der Waals surface area contributed by atoms with E-state index in [9.17, 15) is 9.59 Å². The van der Waals surface area contributed by atoms with Gasteiger partial charge in [0.05, 0.1) is 5.92 Å². The molecule has 0 aliphatic rings. The number of nitrogens with one attached hydrogen (secondary N) is 1. The molecule has 0 aliphatic heterocycles. The third kappa shape index (κ3) is 4.87. The van der Waals surface area contributed by atoms with E-state index in [1.54, 1.807) is 25.3 Å². The SMILES string of the molecule is CC(CCCNC(=O)c1ccnc(N(C)C)c1)C(=O)O. The summed E-state index contributed by atoms with van der Waals surface area (Å²) in [6, 6.07) is 3.37. The van der Waals surface area contributed by atoms with E-state index in [0.717, 1.165) is 5.82 Å². The molecule has 1 aromatic rings. The number of aromatic nitrogens is 1. The number of carboxylic acids is 1. The molecule has 6 heteroatoms. The lowest BCUT2D eigenvalue weighted by Gasteiger charge is -2.12. The number of nitrogens with zero attached hydrogens (tertiary/aromatic N) is 2. The first-order valence-electron chi connectivity index (χ1n) is 6.56. The minimum atomic E-state index is -0.805. The number of carbonyl (C=O) groups excluding carboxylic acids is 1.